The molecule has 0 aliphatic carbocycles. The maximum atomic E-state index is 5.46. The van der Waals surface area contributed by atoms with Crippen molar-refractivity contribution in [3.05, 3.63) is 59.7 Å². The molecule has 0 aromatic heterocycles. The molecule has 0 saturated carbocycles. The van der Waals surface area contributed by atoms with Gasteiger partial charge in [0.2, 0.25) is 0 Å². The lowest BCUT2D eigenvalue weighted by molar-refractivity contribution is 0.370. The molecule has 0 unspecified atom stereocenters. The predicted molar refractivity (Wildman–Crippen MR) is 109 cm³/mol. The van der Waals surface area contributed by atoms with Crippen molar-refractivity contribution in [3.63, 3.8) is 0 Å². The first-order valence-corrected chi connectivity index (χ1v) is 8.78. The monoisotopic (exact) mass is 344 g/mol. The van der Waals surface area contributed by atoms with Crippen molar-refractivity contribution in [3.8, 4) is 36.2 Å². The van der Waals surface area contributed by atoms with E-state index in [0.717, 1.165) is 24.3 Å². The van der Waals surface area contributed by atoms with Gasteiger partial charge in [-0.05, 0) is 59.4 Å². The lowest BCUT2D eigenvalue weighted by atomic mass is 9.91. The van der Waals surface area contributed by atoms with Gasteiger partial charge in [0.15, 0.2) is 0 Å². The maximum Gasteiger partial charge on any atom is 0.148 e. The van der Waals surface area contributed by atoms with Crippen LogP contribution in [0.15, 0.2) is 48.5 Å². The summed E-state index contributed by atoms with van der Waals surface area (Å²) < 4.78 is 10.9. The number of allylic oxidation sites excluding steroid dienone is 2. The van der Waals surface area contributed by atoms with Crippen molar-refractivity contribution in [2.24, 2.45) is 0 Å². The Hall–Kier alpha value is -3.10. The van der Waals surface area contributed by atoms with Gasteiger partial charge in [-0.3, -0.25) is 0 Å². The van der Waals surface area contributed by atoms with E-state index in [1.54, 1.807) is 0 Å². The van der Waals surface area contributed by atoms with Crippen molar-refractivity contribution in [2.45, 2.75) is 26.7 Å². The fourth-order valence-electron chi connectivity index (χ4n) is 2.94. The molecule has 132 valence electrons. The topological polar surface area (TPSA) is 18.5 Å². The number of ether oxygens (including phenoxy) is 2. The Morgan fingerprint density at radius 3 is 1.31 bits per heavy atom. The molecule has 2 aromatic rings. The van der Waals surface area contributed by atoms with Gasteiger partial charge >= 0.3 is 0 Å². The number of rotatable bonds is 8. The summed E-state index contributed by atoms with van der Waals surface area (Å²) in [5, 5.41) is 0. The molecule has 0 saturated heterocycles. The van der Waals surface area contributed by atoms with Gasteiger partial charge in [0.25, 0.3) is 0 Å². The van der Waals surface area contributed by atoms with Crippen LogP contribution in [0.2, 0.25) is 0 Å². The van der Waals surface area contributed by atoms with E-state index < -0.39 is 0 Å². The fourth-order valence-corrected chi connectivity index (χ4v) is 2.94. The van der Waals surface area contributed by atoms with Crippen LogP contribution in [-0.2, 0) is 0 Å². The Bertz CT molecular complexity index is 741. The predicted octanol–water partition coefficient (Wildman–Crippen LogP) is 5.44. The Morgan fingerprint density at radius 1 is 0.692 bits per heavy atom. The van der Waals surface area contributed by atoms with Crippen molar-refractivity contribution in [2.75, 3.05) is 13.2 Å². The van der Waals surface area contributed by atoms with E-state index in [-0.39, 0.29) is 13.2 Å². The first-order valence-electron chi connectivity index (χ1n) is 8.78. The van der Waals surface area contributed by atoms with Gasteiger partial charge in [0.05, 0.1) is 0 Å². The lowest BCUT2D eigenvalue weighted by Crippen LogP contribution is -1.96. The third kappa shape index (κ3) is 4.95. The molecule has 0 spiro atoms. The van der Waals surface area contributed by atoms with Gasteiger partial charge in [-0.25, -0.2) is 0 Å². The molecular formula is C24H24O2. The van der Waals surface area contributed by atoms with E-state index in [1.165, 1.54) is 22.3 Å². The average Bonchev–Trinajstić information content (AvgIpc) is 2.70. The van der Waals surface area contributed by atoms with Crippen LogP contribution >= 0.6 is 0 Å². The molecule has 2 nitrogen and oxygen atoms in total. The third-order valence-electron chi connectivity index (χ3n) is 4.12. The molecule has 0 heterocycles. The maximum absolute atomic E-state index is 5.46. The van der Waals surface area contributed by atoms with Gasteiger partial charge in [0.1, 0.15) is 24.7 Å². The Morgan fingerprint density at radius 2 is 1.04 bits per heavy atom. The van der Waals surface area contributed by atoms with E-state index in [1.807, 2.05) is 24.3 Å². The fraction of sp³-hybridized carbons (Fsp3) is 0.250. The van der Waals surface area contributed by atoms with Crippen molar-refractivity contribution < 1.29 is 9.47 Å². The average molecular weight is 344 g/mol. The highest BCUT2D eigenvalue weighted by Gasteiger charge is 2.09. The molecule has 2 aromatic carbocycles. The van der Waals surface area contributed by atoms with E-state index in [4.69, 9.17) is 22.3 Å². The second-order valence-corrected chi connectivity index (χ2v) is 5.70. The van der Waals surface area contributed by atoms with E-state index in [0.29, 0.717) is 0 Å². The minimum Gasteiger partial charge on any atom is -0.481 e. The third-order valence-corrected chi connectivity index (χ3v) is 4.12. The van der Waals surface area contributed by atoms with Crippen molar-refractivity contribution in [1.29, 1.82) is 0 Å². The molecule has 0 aliphatic rings. The molecule has 2 rings (SSSR count). The summed E-state index contributed by atoms with van der Waals surface area (Å²) in [5.74, 6) is 6.53. The first-order chi connectivity index (χ1) is 12.7. The minimum atomic E-state index is 0.282. The summed E-state index contributed by atoms with van der Waals surface area (Å²) in [7, 11) is 0. The molecule has 0 fully saturated rings. The molecule has 0 bridgehead atoms. The van der Waals surface area contributed by atoms with Crippen LogP contribution in [0.4, 0.5) is 0 Å². The standard InChI is InChI=1S/C24H24O2/c1-5-17-25-21-13-9-19(10-14-21)23(7-3)24(8-4)20-11-15-22(16-12-20)26-18-6-2/h1-2,9-16H,7-8,17-18H2,3-4H3. The van der Waals surface area contributed by atoms with Crippen LogP contribution in [0.3, 0.4) is 0 Å². The highest BCUT2D eigenvalue weighted by molar-refractivity contribution is 5.90. The van der Waals surface area contributed by atoms with E-state index in [9.17, 15) is 0 Å². The van der Waals surface area contributed by atoms with Gasteiger partial charge in [0, 0.05) is 0 Å². The smallest absolute Gasteiger partial charge is 0.148 e. The second-order valence-electron chi connectivity index (χ2n) is 5.70. The SMILES string of the molecule is C#CCOc1ccc(C(CC)=C(CC)c2ccc(OCC#C)cc2)cc1. The van der Waals surface area contributed by atoms with Crippen LogP contribution in [0.1, 0.15) is 37.8 Å². The largest absolute Gasteiger partial charge is 0.481 e. The highest BCUT2D eigenvalue weighted by Crippen LogP contribution is 2.32. The van der Waals surface area contributed by atoms with E-state index in [2.05, 4.69) is 50.0 Å². The summed E-state index contributed by atoms with van der Waals surface area (Å²) >= 11 is 0. The quantitative estimate of drug-likeness (QED) is 0.469. The van der Waals surface area contributed by atoms with Gasteiger partial charge in [-0.1, -0.05) is 50.0 Å². The number of hydrogen-bond acceptors (Lipinski definition) is 2. The second kappa shape index (κ2) is 10.0. The summed E-state index contributed by atoms with van der Waals surface area (Å²) in [5.41, 5.74) is 5.05. The van der Waals surface area contributed by atoms with Crippen LogP contribution in [0.5, 0.6) is 11.5 Å². The van der Waals surface area contributed by atoms with Crippen molar-refractivity contribution in [1.82, 2.24) is 0 Å². The van der Waals surface area contributed by atoms with E-state index >= 15 is 0 Å². The lowest BCUT2D eigenvalue weighted by Gasteiger charge is -2.15. The summed E-state index contributed by atoms with van der Waals surface area (Å²) in [6.07, 6.45) is 12.4. The Labute approximate surface area is 156 Å². The van der Waals surface area contributed by atoms with Gasteiger partial charge < -0.3 is 9.47 Å². The number of hydrogen-bond donors (Lipinski definition) is 0. The molecule has 0 N–H and O–H groups in total. The van der Waals surface area contributed by atoms with Gasteiger partial charge in [-0.2, -0.15) is 0 Å². The van der Waals surface area contributed by atoms with Crippen LogP contribution in [0.25, 0.3) is 11.1 Å². The number of benzene rings is 2. The van der Waals surface area contributed by atoms with Crippen LogP contribution in [0, 0.1) is 24.7 Å². The van der Waals surface area contributed by atoms with Gasteiger partial charge in [-0.15, -0.1) is 12.8 Å². The molecule has 0 radical (unpaired) electrons. The molecule has 0 atom stereocenters. The molecule has 2 heteroatoms. The summed E-state index contributed by atoms with van der Waals surface area (Å²) in [6.45, 7) is 4.92. The van der Waals surface area contributed by atoms with Crippen molar-refractivity contribution >= 4 is 11.1 Å². The zero-order chi connectivity index (χ0) is 18.8. The van der Waals surface area contributed by atoms with Crippen LogP contribution in [-0.4, -0.2) is 13.2 Å². The first kappa shape index (κ1) is 19.2. The zero-order valence-electron chi connectivity index (χ0n) is 15.4. The number of terminal acetylenes is 2. The molecular weight excluding hydrogens is 320 g/mol. The molecule has 26 heavy (non-hydrogen) atoms. The minimum absolute atomic E-state index is 0.282. The summed E-state index contributed by atoms with van der Waals surface area (Å²) in [6, 6.07) is 16.2. The zero-order valence-corrected chi connectivity index (χ0v) is 15.4. The highest BCUT2D eigenvalue weighted by atomic mass is 16.5. The summed E-state index contributed by atoms with van der Waals surface area (Å²) in [4.78, 5) is 0. The molecule has 0 amide bonds. The normalized spacial score (nSPS) is 11.1. The Kier molecular flexibility index (Phi) is 7.41. The van der Waals surface area contributed by atoms with Crippen LogP contribution < -0.4 is 9.47 Å². The molecule has 0 aliphatic heterocycles. The Balaban J connectivity index is 2.31.